The average Bonchev–Trinajstić information content (AvgIpc) is 3.28. The Morgan fingerprint density at radius 2 is 2.07 bits per heavy atom. The summed E-state index contributed by atoms with van der Waals surface area (Å²) in [4.78, 5) is 6.94. The SMILES string of the molecule is Cc1ccc(CN(C)C(=NCc2nnc(C)n2C)NCC2CCCO2)cc1. The lowest BCUT2D eigenvalue weighted by molar-refractivity contribution is 0.113. The summed E-state index contributed by atoms with van der Waals surface area (Å²) in [6.45, 7) is 6.96. The van der Waals surface area contributed by atoms with E-state index in [2.05, 4.69) is 58.7 Å². The van der Waals surface area contributed by atoms with Gasteiger partial charge < -0.3 is 19.5 Å². The van der Waals surface area contributed by atoms with Gasteiger partial charge in [0.05, 0.1) is 6.10 Å². The highest BCUT2D eigenvalue weighted by molar-refractivity contribution is 5.79. The van der Waals surface area contributed by atoms with Gasteiger partial charge >= 0.3 is 0 Å². The number of aryl methyl sites for hydroxylation is 2. The van der Waals surface area contributed by atoms with E-state index in [0.717, 1.165) is 50.1 Å². The van der Waals surface area contributed by atoms with Crippen molar-refractivity contribution in [3.05, 3.63) is 47.0 Å². The molecule has 0 spiro atoms. The van der Waals surface area contributed by atoms with E-state index in [1.807, 2.05) is 18.5 Å². The van der Waals surface area contributed by atoms with Gasteiger partial charge in [0.1, 0.15) is 12.4 Å². The quantitative estimate of drug-likeness (QED) is 0.624. The van der Waals surface area contributed by atoms with E-state index in [9.17, 15) is 0 Å². The summed E-state index contributed by atoms with van der Waals surface area (Å²) in [5.41, 5.74) is 2.52. The zero-order chi connectivity index (χ0) is 19.2. The minimum absolute atomic E-state index is 0.264. The first-order valence-electron chi connectivity index (χ1n) is 9.54. The molecule has 2 heterocycles. The summed E-state index contributed by atoms with van der Waals surface area (Å²) >= 11 is 0. The molecule has 27 heavy (non-hydrogen) atoms. The highest BCUT2D eigenvalue weighted by Gasteiger charge is 2.17. The first-order chi connectivity index (χ1) is 13.0. The van der Waals surface area contributed by atoms with Gasteiger partial charge in [0.15, 0.2) is 11.8 Å². The second-order valence-electron chi connectivity index (χ2n) is 7.22. The van der Waals surface area contributed by atoms with Crippen LogP contribution in [0.25, 0.3) is 0 Å². The maximum atomic E-state index is 5.74. The Hall–Kier alpha value is -2.41. The third kappa shape index (κ3) is 5.29. The number of hydrogen-bond acceptors (Lipinski definition) is 4. The van der Waals surface area contributed by atoms with Crippen molar-refractivity contribution in [2.45, 2.75) is 45.9 Å². The number of nitrogens with one attached hydrogen (secondary N) is 1. The molecule has 0 aliphatic carbocycles. The van der Waals surface area contributed by atoms with Crippen LogP contribution in [0.4, 0.5) is 0 Å². The van der Waals surface area contributed by atoms with Crippen LogP contribution < -0.4 is 5.32 Å². The monoisotopic (exact) mass is 370 g/mol. The first-order valence-corrected chi connectivity index (χ1v) is 9.54. The van der Waals surface area contributed by atoms with Crippen LogP contribution in [0.3, 0.4) is 0 Å². The number of hydrogen-bond donors (Lipinski definition) is 1. The first kappa shape index (κ1) is 19.4. The molecular weight excluding hydrogens is 340 g/mol. The standard InChI is InChI=1S/C20H30N6O/c1-15-7-9-17(10-8-15)14-25(3)20(21-12-18-6-5-11-27-18)22-13-19-24-23-16(2)26(19)4/h7-10,18H,5-6,11-14H2,1-4H3,(H,21,22). The number of guanidine groups is 1. The lowest BCUT2D eigenvalue weighted by Gasteiger charge is -2.24. The van der Waals surface area contributed by atoms with Crippen molar-refractivity contribution < 1.29 is 4.74 Å². The fourth-order valence-electron chi connectivity index (χ4n) is 3.10. The van der Waals surface area contributed by atoms with Crippen LogP contribution >= 0.6 is 0 Å². The van der Waals surface area contributed by atoms with Crippen LogP contribution in [0, 0.1) is 13.8 Å². The Morgan fingerprint density at radius 1 is 1.30 bits per heavy atom. The predicted molar refractivity (Wildman–Crippen MR) is 107 cm³/mol. The minimum Gasteiger partial charge on any atom is -0.376 e. The molecule has 146 valence electrons. The smallest absolute Gasteiger partial charge is 0.194 e. The summed E-state index contributed by atoms with van der Waals surface area (Å²) in [5, 5.41) is 11.8. The van der Waals surface area contributed by atoms with Gasteiger partial charge in [-0.25, -0.2) is 4.99 Å². The van der Waals surface area contributed by atoms with E-state index in [4.69, 9.17) is 9.73 Å². The maximum Gasteiger partial charge on any atom is 0.194 e. The van der Waals surface area contributed by atoms with Crippen molar-refractivity contribution in [2.75, 3.05) is 20.2 Å². The van der Waals surface area contributed by atoms with Gasteiger partial charge in [-0.1, -0.05) is 29.8 Å². The molecule has 1 aromatic carbocycles. The number of benzene rings is 1. The van der Waals surface area contributed by atoms with Crippen molar-refractivity contribution in [2.24, 2.45) is 12.0 Å². The van der Waals surface area contributed by atoms with Crippen molar-refractivity contribution in [3.8, 4) is 0 Å². The Bertz CT molecular complexity index is 761. The van der Waals surface area contributed by atoms with Gasteiger partial charge in [-0.2, -0.15) is 0 Å². The number of aromatic nitrogens is 3. The van der Waals surface area contributed by atoms with E-state index in [1.165, 1.54) is 11.1 Å². The third-order valence-electron chi connectivity index (χ3n) is 4.97. The van der Waals surface area contributed by atoms with Gasteiger partial charge in [0, 0.05) is 33.8 Å². The van der Waals surface area contributed by atoms with Gasteiger partial charge in [-0.3, -0.25) is 0 Å². The summed E-state index contributed by atoms with van der Waals surface area (Å²) in [5.74, 6) is 2.60. The highest BCUT2D eigenvalue weighted by Crippen LogP contribution is 2.11. The van der Waals surface area contributed by atoms with E-state index >= 15 is 0 Å². The summed E-state index contributed by atoms with van der Waals surface area (Å²) in [7, 11) is 4.03. The topological polar surface area (TPSA) is 67.6 Å². The zero-order valence-electron chi connectivity index (χ0n) is 16.8. The molecule has 1 aliphatic heterocycles. The summed E-state index contributed by atoms with van der Waals surface area (Å²) in [6, 6.07) is 8.61. The number of nitrogens with zero attached hydrogens (tertiary/aromatic N) is 5. The van der Waals surface area contributed by atoms with Crippen molar-refractivity contribution in [1.82, 2.24) is 25.0 Å². The Labute approximate surface area is 161 Å². The van der Waals surface area contributed by atoms with Crippen molar-refractivity contribution >= 4 is 5.96 Å². The zero-order valence-corrected chi connectivity index (χ0v) is 16.8. The van der Waals surface area contributed by atoms with Gasteiger partial charge in [-0.05, 0) is 32.3 Å². The fourth-order valence-corrected chi connectivity index (χ4v) is 3.10. The largest absolute Gasteiger partial charge is 0.376 e. The van der Waals surface area contributed by atoms with Crippen LogP contribution in [0.5, 0.6) is 0 Å². The van der Waals surface area contributed by atoms with Crippen LogP contribution in [-0.4, -0.2) is 51.9 Å². The molecule has 2 aromatic rings. The molecular formula is C20H30N6O. The molecule has 1 unspecified atom stereocenters. The van der Waals surface area contributed by atoms with Crippen molar-refractivity contribution in [3.63, 3.8) is 0 Å². The predicted octanol–water partition coefficient (Wildman–Crippen LogP) is 2.19. The molecule has 1 saturated heterocycles. The lowest BCUT2D eigenvalue weighted by atomic mass is 10.1. The normalized spacial score (nSPS) is 17.3. The number of ether oxygens (including phenoxy) is 1. The van der Waals surface area contributed by atoms with Crippen molar-refractivity contribution in [1.29, 1.82) is 0 Å². The molecule has 1 N–H and O–H groups in total. The Morgan fingerprint density at radius 3 is 2.70 bits per heavy atom. The number of rotatable bonds is 6. The molecule has 7 nitrogen and oxygen atoms in total. The van der Waals surface area contributed by atoms with Gasteiger partial charge in [-0.15, -0.1) is 10.2 Å². The Balaban J connectivity index is 1.69. The molecule has 1 aromatic heterocycles. The summed E-state index contributed by atoms with van der Waals surface area (Å²) < 4.78 is 7.71. The molecule has 1 atom stereocenters. The van der Waals surface area contributed by atoms with Crippen LogP contribution in [0.1, 0.15) is 35.6 Å². The highest BCUT2D eigenvalue weighted by atomic mass is 16.5. The summed E-state index contributed by atoms with van der Waals surface area (Å²) in [6.07, 6.45) is 2.50. The molecule has 0 bridgehead atoms. The molecule has 1 aliphatic rings. The van der Waals surface area contributed by atoms with Crippen LogP contribution in [0.15, 0.2) is 29.3 Å². The minimum atomic E-state index is 0.264. The third-order valence-corrected chi connectivity index (χ3v) is 4.97. The van der Waals surface area contributed by atoms with E-state index < -0.39 is 0 Å². The molecule has 1 fully saturated rings. The Kier molecular flexibility index (Phi) is 6.45. The molecule has 0 saturated carbocycles. The second kappa shape index (κ2) is 8.99. The maximum absolute atomic E-state index is 5.74. The van der Waals surface area contributed by atoms with E-state index in [0.29, 0.717) is 6.54 Å². The molecule has 0 amide bonds. The van der Waals surface area contributed by atoms with E-state index in [1.54, 1.807) is 0 Å². The molecule has 0 radical (unpaired) electrons. The molecule has 3 rings (SSSR count). The number of aliphatic imine (C=N–C) groups is 1. The van der Waals surface area contributed by atoms with Gasteiger partial charge in [0.25, 0.3) is 0 Å². The van der Waals surface area contributed by atoms with Gasteiger partial charge in [0.2, 0.25) is 0 Å². The fraction of sp³-hybridized carbons (Fsp3) is 0.550. The molecule has 7 heteroatoms. The average molecular weight is 371 g/mol. The van der Waals surface area contributed by atoms with Crippen LogP contribution in [-0.2, 0) is 24.9 Å². The van der Waals surface area contributed by atoms with Crippen LogP contribution in [0.2, 0.25) is 0 Å². The second-order valence-corrected chi connectivity index (χ2v) is 7.22. The lowest BCUT2D eigenvalue weighted by Crippen LogP contribution is -2.42. The van der Waals surface area contributed by atoms with E-state index in [-0.39, 0.29) is 6.10 Å².